The van der Waals surface area contributed by atoms with E-state index in [2.05, 4.69) is 11.8 Å². The second-order valence-electron chi connectivity index (χ2n) is 4.49. The van der Waals surface area contributed by atoms with Crippen molar-refractivity contribution in [2.45, 2.75) is 13.8 Å². The maximum absolute atomic E-state index is 10.9. The molecule has 0 fully saturated rings. The average Bonchev–Trinajstić information content (AvgIpc) is 2.55. The van der Waals surface area contributed by atoms with Crippen LogP contribution in [0.25, 0.3) is 0 Å². The molecule has 2 rings (SSSR count). The number of ketones is 2. The smallest absolute Gasteiger partial charge is 0.366 e. The summed E-state index contributed by atoms with van der Waals surface area (Å²) in [4.78, 5) is 21.7. The standard InChI is InChI=1S/2C10H7O.2Au.2H3P/c1-3-9-5-4-6-10(7-9)8(2)11;1-3-9-6-4-5-7-10(9)8(2)11;;;;/h2*4-7H,2H3;;;2*1H3/q2*-1;2*+1;;. The van der Waals surface area contributed by atoms with Gasteiger partial charge in [-0.05, 0) is 19.4 Å². The van der Waals surface area contributed by atoms with Gasteiger partial charge < -0.3 is 12.8 Å². The van der Waals surface area contributed by atoms with Gasteiger partial charge in [0, 0.05) is 5.56 Å². The Bertz CT molecular complexity index is 791. The van der Waals surface area contributed by atoms with Gasteiger partial charge in [-0.3, -0.25) is 21.4 Å². The van der Waals surface area contributed by atoms with Crippen LogP contribution in [0.5, 0.6) is 0 Å². The molecule has 144 valence electrons. The van der Waals surface area contributed by atoms with Crippen molar-refractivity contribution in [1.82, 2.24) is 0 Å². The first kappa shape index (κ1) is 32.9. The van der Waals surface area contributed by atoms with Crippen molar-refractivity contribution < 1.29 is 54.3 Å². The van der Waals surface area contributed by atoms with Crippen molar-refractivity contribution in [2.75, 3.05) is 0 Å². The van der Waals surface area contributed by atoms with Gasteiger partial charge in [-0.2, -0.15) is 19.8 Å². The Labute approximate surface area is 194 Å². The Morgan fingerprint density at radius 1 is 0.808 bits per heavy atom. The van der Waals surface area contributed by atoms with E-state index in [0.717, 1.165) is 0 Å². The fourth-order valence-electron chi connectivity index (χ4n) is 1.72. The molecule has 0 aliphatic carbocycles. The predicted octanol–water partition coefficient (Wildman–Crippen LogP) is 3.77. The van der Waals surface area contributed by atoms with Crippen LogP contribution in [-0.4, -0.2) is 11.6 Å². The van der Waals surface area contributed by atoms with E-state index in [4.69, 9.17) is 12.8 Å². The summed E-state index contributed by atoms with van der Waals surface area (Å²) >= 11 is 0. The van der Waals surface area contributed by atoms with Gasteiger partial charge in [-0.15, -0.1) is 29.3 Å². The molecule has 0 aromatic heterocycles. The Morgan fingerprint density at radius 3 is 1.81 bits per heavy atom. The van der Waals surface area contributed by atoms with Crippen LogP contribution in [0.4, 0.5) is 0 Å². The molecule has 2 aromatic carbocycles. The van der Waals surface area contributed by atoms with Crippen molar-refractivity contribution in [2.24, 2.45) is 0 Å². The zero-order valence-corrected chi connectivity index (χ0v) is 21.6. The van der Waals surface area contributed by atoms with Crippen molar-refractivity contribution in [3.8, 4) is 11.8 Å². The number of benzene rings is 2. The number of rotatable bonds is 2. The fourth-order valence-corrected chi connectivity index (χ4v) is 1.72. The second-order valence-corrected chi connectivity index (χ2v) is 4.49. The van der Waals surface area contributed by atoms with E-state index in [1.165, 1.54) is 13.8 Å². The summed E-state index contributed by atoms with van der Waals surface area (Å²) in [6.07, 6.45) is 13.7. The van der Waals surface area contributed by atoms with Gasteiger partial charge in [0.2, 0.25) is 0 Å². The molecule has 0 aliphatic heterocycles. The molecule has 0 saturated heterocycles. The Kier molecular flexibility index (Phi) is 22.3. The van der Waals surface area contributed by atoms with Crippen LogP contribution in [-0.2, 0) is 44.8 Å². The third-order valence-corrected chi connectivity index (χ3v) is 2.85. The quantitative estimate of drug-likeness (QED) is 0.154. The van der Waals surface area contributed by atoms with Gasteiger partial charge >= 0.3 is 44.8 Å². The van der Waals surface area contributed by atoms with Gasteiger partial charge in [0.1, 0.15) is 5.78 Å². The second kappa shape index (κ2) is 17.6. The summed E-state index contributed by atoms with van der Waals surface area (Å²) in [5, 5.41) is 0. The van der Waals surface area contributed by atoms with Gasteiger partial charge in [0.25, 0.3) is 0 Å². The van der Waals surface area contributed by atoms with E-state index in [1.807, 2.05) is 0 Å². The number of hydrogen-bond acceptors (Lipinski definition) is 2. The van der Waals surface area contributed by atoms with Gasteiger partial charge in [-0.1, -0.05) is 30.3 Å². The average molecular weight is 748 g/mol. The minimum absolute atomic E-state index is 0. The van der Waals surface area contributed by atoms with Crippen LogP contribution in [0.15, 0.2) is 48.5 Å². The van der Waals surface area contributed by atoms with E-state index in [9.17, 15) is 9.59 Å². The van der Waals surface area contributed by atoms with E-state index >= 15 is 0 Å². The third kappa shape index (κ3) is 11.1. The molecule has 0 bridgehead atoms. The van der Waals surface area contributed by atoms with Crippen LogP contribution >= 0.6 is 19.8 Å². The van der Waals surface area contributed by atoms with Crippen LogP contribution in [0.3, 0.4) is 0 Å². The Morgan fingerprint density at radius 2 is 1.38 bits per heavy atom. The first-order valence-corrected chi connectivity index (χ1v) is 6.56. The van der Waals surface area contributed by atoms with E-state index in [0.29, 0.717) is 22.3 Å². The van der Waals surface area contributed by atoms with Crippen molar-refractivity contribution in [3.63, 3.8) is 0 Å². The van der Waals surface area contributed by atoms with Gasteiger partial charge in [0.05, 0.1) is 0 Å². The molecule has 0 saturated carbocycles. The van der Waals surface area contributed by atoms with E-state index in [-0.39, 0.29) is 76.1 Å². The minimum atomic E-state index is -0.0275. The molecule has 0 amide bonds. The van der Waals surface area contributed by atoms with Crippen LogP contribution < -0.4 is 0 Å². The maximum atomic E-state index is 10.9. The summed E-state index contributed by atoms with van der Waals surface area (Å²) in [7, 11) is 0. The molecule has 0 aliphatic rings. The first-order chi connectivity index (χ1) is 10.5. The molecule has 26 heavy (non-hydrogen) atoms. The molecule has 2 unspecified atom stereocenters. The summed E-state index contributed by atoms with van der Waals surface area (Å²) in [5.41, 5.74) is 2.38. The molecular weight excluding hydrogens is 728 g/mol. The van der Waals surface area contributed by atoms with Gasteiger partial charge in [-0.25, -0.2) is 0 Å². The summed E-state index contributed by atoms with van der Waals surface area (Å²) < 4.78 is 0. The molecule has 0 spiro atoms. The van der Waals surface area contributed by atoms with Crippen molar-refractivity contribution in [1.29, 1.82) is 0 Å². The molecule has 6 heteroatoms. The van der Waals surface area contributed by atoms with Gasteiger partial charge in [0.15, 0.2) is 5.78 Å². The fraction of sp³-hybridized carbons (Fsp3) is 0.100. The first-order valence-electron chi connectivity index (χ1n) is 6.56. The number of carbonyl (C=O) groups excluding carboxylic acids is 2. The molecule has 0 N–H and O–H groups in total. The van der Waals surface area contributed by atoms with Crippen LogP contribution in [0.1, 0.15) is 45.7 Å². The van der Waals surface area contributed by atoms with Crippen molar-refractivity contribution in [3.05, 3.63) is 83.6 Å². The van der Waals surface area contributed by atoms with E-state index in [1.54, 1.807) is 48.5 Å². The molecule has 0 heterocycles. The molecule has 0 radical (unpaired) electrons. The molecular formula is C20H20Au2O2P2. The maximum Gasteiger partial charge on any atom is 1.00 e. The Balaban J connectivity index is -0.000000161. The largest absolute Gasteiger partial charge is 1.00 e. The normalized spacial score (nSPS) is 7.38. The third-order valence-electron chi connectivity index (χ3n) is 2.85. The number of carbonyl (C=O) groups is 2. The number of hydrogen-bond donors (Lipinski definition) is 0. The monoisotopic (exact) mass is 748 g/mol. The summed E-state index contributed by atoms with van der Waals surface area (Å²) in [6.45, 7) is 2.99. The summed E-state index contributed by atoms with van der Waals surface area (Å²) in [5.74, 6) is 4.41. The van der Waals surface area contributed by atoms with E-state index < -0.39 is 0 Å². The van der Waals surface area contributed by atoms with Crippen LogP contribution in [0.2, 0.25) is 0 Å². The minimum Gasteiger partial charge on any atom is -0.366 e. The zero-order valence-electron chi connectivity index (χ0n) is 14.5. The Hall–Kier alpha value is -0.759. The number of Topliss-reactive ketones (excluding diaryl/α,β-unsaturated/α-hetero) is 2. The van der Waals surface area contributed by atoms with Crippen LogP contribution in [0, 0.1) is 24.7 Å². The topological polar surface area (TPSA) is 34.1 Å². The zero-order chi connectivity index (χ0) is 16.5. The van der Waals surface area contributed by atoms with Crippen molar-refractivity contribution >= 4 is 31.4 Å². The SMILES string of the molecule is P.P.[Au+].[Au+].[C-]#Cc1cccc(C(C)=O)c1.[C-]#Cc1ccccc1C(C)=O. The molecule has 2 aromatic rings. The summed E-state index contributed by atoms with van der Waals surface area (Å²) in [6, 6.07) is 13.8. The molecule has 2 nitrogen and oxygen atoms in total. The molecule has 2 atom stereocenters. The predicted molar refractivity (Wildman–Crippen MR) is 108 cm³/mol.